The van der Waals surface area contributed by atoms with Crippen molar-refractivity contribution in [2.75, 3.05) is 54.4 Å². The number of primary amides is 1. The lowest BCUT2D eigenvalue weighted by molar-refractivity contribution is -0.190. The van der Waals surface area contributed by atoms with Gasteiger partial charge in [-0.25, -0.2) is 9.59 Å². The molecule has 14 nitrogen and oxygen atoms in total. The quantitative estimate of drug-likeness (QED) is 0.0634. The number of benzene rings is 1. The van der Waals surface area contributed by atoms with E-state index in [9.17, 15) is 19.2 Å². The zero-order valence-electron chi connectivity index (χ0n) is 35.1. The minimum atomic E-state index is -1.32. The van der Waals surface area contributed by atoms with Crippen LogP contribution in [0.1, 0.15) is 100.0 Å². The average Bonchev–Trinajstić information content (AvgIpc) is 3.52. The number of carbonyl (C=O) groups excluding carboxylic acids is 4. The van der Waals surface area contributed by atoms with E-state index in [1.54, 1.807) is 28.1 Å². The van der Waals surface area contributed by atoms with Gasteiger partial charge in [0, 0.05) is 44.5 Å². The molecule has 1 aromatic carbocycles. The minimum absolute atomic E-state index is 0.0189. The molecule has 1 fully saturated rings. The molecule has 1 heterocycles. The SMILES string of the molecule is CCOCOC(C)(C)C(=O)OCOC(=O)N1CO[C@@H](C[C@H](C(=O)CCC(C)(C)C(N)=O)C(C)C)[C@@H]1C[C@H](Cc1ccc(OC)c(OCCCOC)c1)C(C)C. The predicted octanol–water partition coefficient (Wildman–Crippen LogP) is 6.29. The van der Waals surface area contributed by atoms with Gasteiger partial charge in [0.1, 0.15) is 19.3 Å². The van der Waals surface area contributed by atoms with Crippen LogP contribution < -0.4 is 15.2 Å². The van der Waals surface area contributed by atoms with Gasteiger partial charge in [-0.05, 0) is 81.9 Å². The lowest BCUT2D eigenvalue weighted by atomic mass is 9.78. The fraction of sp³-hybridized carbons (Fsp3) is 0.756. The normalized spacial score (nSPS) is 17.3. The molecule has 0 aromatic heterocycles. The topological polar surface area (TPSA) is 171 Å². The van der Waals surface area contributed by atoms with Crippen LogP contribution in [-0.4, -0.2) is 101 Å². The summed E-state index contributed by atoms with van der Waals surface area (Å²) in [6.45, 7) is 17.3. The van der Waals surface area contributed by atoms with Gasteiger partial charge in [0.25, 0.3) is 0 Å². The number of hydrogen-bond acceptors (Lipinski definition) is 12. The number of rotatable bonds is 26. The molecule has 1 aliphatic heterocycles. The summed E-state index contributed by atoms with van der Waals surface area (Å²) in [5, 5.41) is 0. The van der Waals surface area contributed by atoms with Crippen LogP contribution in [0.5, 0.6) is 11.5 Å². The lowest BCUT2D eigenvalue weighted by Gasteiger charge is -2.33. The number of nitrogens with zero attached hydrogens (tertiary/aromatic N) is 1. The van der Waals surface area contributed by atoms with Crippen molar-refractivity contribution >= 4 is 23.8 Å². The number of carbonyl (C=O) groups is 4. The van der Waals surface area contributed by atoms with E-state index in [-0.39, 0.29) is 49.4 Å². The zero-order chi connectivity index (χ0) is 41.3. The van der Waals surface area contributed by atoms with Crippen LogP contribution in [0.25, 0.3) is 0 Å². The second-order valence-corrected chi connectivity index (χ2v) is 16.0. The molecule has 314 valence electrons. The molecular formula is C41H68N2O12. The van der Waals surface area contributed by atoms with Crippen molar-refractivity contribution in [2.45, 2.75) is 119 Å². The van der Waals surface area contributed by atoms with Crippen LogP contribution in [0.15, 0.2) is 18.2 Å². The molecule has 2 rings (SSSR count). The summed E-state index contributed by atoms with van der Waals surface area (Å²) >= 11 is 0. The first-order chi connectivity index (χ1) is 25.9. The number of hydrogen-bond donors (Lipinski definition) is 1. The molecule has 0 radical (unpaired) electrons. The Balaban J connectivity index is 2.34. The van der Waals surface area contributed by atoms with Crippen molar-refractivity contribution in [1.29, 1.82) is 0 Å². The molecule has 0 bridgehead atoms. The molecule has 14 heteroatoms. The van der Waals surface area contributed by atoms with E-state index < -0.39 is 47.9 Å². The van der Waals surface area contributed by atoms with E-state index in [4.69, 9.17) is 43.6 Å². The Morgan fingerprint density at radius 3 is 2.25 bits per heavy atom. The Kier molecular flexibility index (Phi) is 19.9. The van der Waals surface area contributed by atoms with Gasteiger partial charge in [0.15, 0.2) is 17.1 Å². The number of amides is 2. The predicted molar refractivity (Wildman–Crippen MR) is 206 cm³/mol. The fourth-order valence-electron chi connectivity index (χ4n) is 6.32. The van der Waals surface area contributed by atoms with Crippen molar-refractivity contribution in [3.8, 4) is 11.5 Å². The Hall–Kier alpha value is -3.46. The number of ether oxygens (including phenoxy) is 8. The average molecular weight is 781 g/mol. The molecule has 1 aliphatic rings. The van der Waals surface area contributed by atoms with Crippen molar-refractivity contribution in [3.05, 3.63) is 23.8 Å². The Morgan fingerprint density at radius 2 is 1.65 bits per heavy atom. The van der Waals surface area contributed by atoms with E-state index in [0.717, 1.165) is 12.0 Å². The highest BCUT2D eigenvalue weighted by Gasteiger charge is 2.43. The van der Waals surface area contributed by atoms with Crippen molar-refractivity contribution in [1.82, 2.24) is 4.90 Å². The summed E-state index contributed by atoms with van der Waals surface area (Å²) in [4.78, 5) is 53.6. The van der Waals surface area contributed by atoms with Crippen LogP contribution in [0.3, 0.4) is 0 Å². The fourth-order valence-corrected chi connectivity index (χ4v) is 6.32. The van der Waals surface area contributed by atoms with Crippen molar-refractivity contribution in [3.63, 3.8) is 0 Å². The van der Waals surface area contributed by atoms with Crippen LogP contribution in [0, 0.1) is 29.1 Å². The first-order valence-corrected chi connectivity index (χ1v) is 19.4. The Labute approximate surface area is 328 Å². The summed E-state index contributed by atoms with van der Waals surface area (Å²) in [6.07, 6.45) is 1.65. The van der Waals surface area contributed by atoms with E-state index >= 15 is 0 Å². The summed E-state index contributed by atoms with van der Waals surface area (Å²) < 4.78 is 44.5. The highest BCUT2D eigenvalue weighted by Crippen LogP contribution is 2.36. The Bertz CT molecular complexity index is 1360. The maximum absolute atomic E-state index is 13.7. The van der Waals surface area contributed by atoms with Crippen LogP contribution in [0.4, 0.5) is 4.79 Å². The standard InChI is InChI=1S/C41H68N2O12/c1-12-50-25-55-41(8,9)38(46)53-26-54-39(47)43-24-52-35(23-31(28(4)5)33(44)16-17-40(6,7)37(42)45)32(43)22-30(27(2)3)20-29-14-15-34(49-11)36(21-29)51-19-13-18-48-10/h14-15,21,27-28,30-32,35H,12-13,16-20,22-26H2,1-11H3,(H2,42,45)/t30-,31-,32-,35-/m0/s1. The third kappa shape index (κ3) is 15.2. The minimum Gasteiger partial charge on any atom is -0.493 e. The Morgan fingerprint density at radius 1 is 0.945 bits per heavy atom. The number of ketones is 1. The number of nitrogens with two attached hydrogens (primary N) is 1. The van der Waals surface area contributed by atoms with Gasteiger partial charge in [0.05, 0.1) is 25.9 Å². The third-order valence-electron chi connectivity index (χ3n) is 10.4. The maximum atomic E-state index is 13.7. The van der Waals surface area contributed by atoms with Crippen LogP contribution in [0.2, 0.25) is 0 Å². The largest absolute Gasteiger partial charge is 0.493 e. The smallest absolute Gasteiger partial charge is 0.414 e. The zero-order valence-corrected chi connectivity index (χ0v) is 35.1. The molecule has 0 spiro atoms. The highest BCUT2D eigenvalue weighted by atomic mass is 16.7. The second kappa shape index (κ2) is 22.9. The molecular weight excluding hydrogens is 712 g/mol. The van der Waals surface area contributed by atoms with Crippen LogP contribution >= 0.6 is 0 Å². The number of esters is 1. The van der Waals surface area contributed by atoms with Gasteiger partial charge < -0.3 is 43.6 Å². The van der Waals surface area contributed by atoms with Crippen molar-refractivity contribution in [2.24, 2.45) is 34.8 Å². The molecule has 0 saturated carbocycles. The van der Waals surface area contributed by atoms with Gasteiger partial charge in [-0.15, -0.1) is 0 Å². The summed E-state index contributed by atoms with van der Waals surface area (Å²) in [5.41, 5.74) is 4.49. The lowest BCUT2D eigenvalue weighted by Crippen LogP contribution is -2.44. The molecule has 0 unspecified atom stereocenters. The third-order valence-corrected chi connectivity index (χ3v) is 10.4. The molecule has 55 heavy (non-hydrogen) atoms. The van der Waals surface area contributed by atoms with Gasteiger partial charge in [-0.3, -0.25) is 14.5 Å². The van der Waals surface area contributed by atoms with Gasteiger partial charge in [-0.2, -0.15) is 0 Å². The highest BCUT2D eigenvalue weighted by molar-refractivity contribution is 5.84. The van der Waals surface area contributed by atoms with Gasteiger partial charge >= 0.3 is 12.1 Å². The molecule has 2 amide bonds. The van der Waals surface area contributed by atoms with E-state index in [1.165, 1.54) is 18.7 Å². The van der Waals surface area contributed by atoms with Gasteiger partial charge in [-0.1, -0.05) is 47.6 Å². The molecule has 1 aromatic rings. The first kappa shape index (κ1) is 47.7. The summed E-state index contributed by atoms with van der Waals surface area (Å²) in [7, 11) is 3.26. The monoisotopic (exact) mass is 780 g/mol. The first-order valence-electron chi connectivity index (χ1n) is 19.4. The summed E-state index contributed by atoms with van der Waals surface area (Å²) in [5.74, 6) is -0.0110. The van der Waals surface area contributed by atoms with Crippen LogP contribution in [-0.2, 0) is 49.2 Å². The second-order valence-electron chi connectivity index (χ2n) is 16.0. The van der Waals surface area contributed by atoms with Crippen molar-refractivity contribution < 1.29 is 57.1 Å². The number of methoxy groups -OCH3 is 2. The van der Waals surface area contributed by atoms with E-state index in [2.05, 4.69) is 13.8 Å². The number of Topliss-reactive ketones (excluding diaryl/α,β-unsaturated/α-hetero) is 1. The molecule has 1 saturated heterocycles. The molecule has 2 N–H and O–H groups in total. The van der Waals surface area contributed by atoms with E-state index in [1.807, 2.05) is 39.0 Å². The van der Waals surface area contributed by atoms with Gasteiger partial charge in [0.2, 0.25) is 12.7 Å². The molecule has 0 aliphatic carbocycles. The maximum Gasteiger partial charge on any atom is 0.414 e. The summed E-state index contributed by atoms with van der Waals surface area (Å²) in [6, 6.07) is 5.44. The van der Waals surface area contributed by atoms with E-state index in [0.29, 0.717) is 57.0 Å². The molecule has 4 atom stereocenters.